The summed E-state index contributed by atoms with van der Waals surface area (Å²) < 4.78 is 38.3. The molecule has 1 N–H and O–H groups in total. The Labute approximate surface area is 174 Å². The highest BCUT2D eigenvalue weighted by atomic mass is 31.2. The van der Waals surface area contributed by atoms with Crippen LogP contribution in [0, 0.1) is 5.41 Å². The van der Waals surface area contributed by atoms with Gasteiger partial charge in [0.2, 0.25) is 0 Å². The van der Waals surface area contributed by atoms with Gasteiger partial charge in [-0.25, -0.2) is 14.1 Å². The average molecular weight is 439 g/mol. The van der Waals surface area contributed by atoms with Gasteiger partial charge in [-0.15, -0.1) is 0 Å². The number of ether oxygens (including phenoxy) is 3. The Kier molecular flexibility index (Phi) is 11.6. The van der Waals surface area contributed by atoms with Gasteiger partial charge in [0.1, 0.15) is 6.61 Å². The number of rotatable bonds is 12. The van der Waals surface area contributed by atoms with E-state index in [-0.39, 0.29) is 31.8 Å². The summed E-state index contributed by atoms with van der Waals surface area (Å²) in [6, 6.07) is 0. The minimum atomic E-state index is -3.12. The summed E-state index contributed by atoms with van der Waals surface area (Å²) in [6.45, 7) is 9.71. The molecule has 11 heteroatoms. The molecule has 1 heterocycles. The van der Waals surface area contributed by atoms with Crippen molar-refractivity contribution in [3.05, 3.63) is 0 Å². The van der Waals surface area contributed by atoms with Crippen molar-refractivity contribution in [1.82, 2.24) is 14.2 Å². The smallest absolute Gasteiger partial charge is 0.409 e. The molecule has 1 saturated heterocycles. The highest BCUT2D eigenvalue weighted by molar-refractivity contribution is 7.53. The molecule has 0 aromatic rings. The predicted molar refractivity (Wildman–Crippen MR) is 110 cm³/mol. The second-order valence-corrected chi connectivity index (χ2v) is 10.8. The molecule has 0 bridgehead atoms. The largest absolute Gasteiger partial charge is 0.447 e. The highest BCUT2D eigenvalue weighted by Crippen LogP contribution is 2.53. The van der Waals surface area contributed by atoms with Crippen molar-refractivity contribution in [2.45, 2.75) is 20.8 Å². The Hall–Kier alpha value is -0.740. The zero-order valence-corrected chi connectivity index (χ0v) is 19.4. The molecule has 1 rings (SSSR count). The van der Waals surface area contributed by atoms with Crippen molar-refractivity contribution in [3.8, 4) is 0 Å². The monoisotopic (exact) mass is 439 g/mol. The van der Waals surface area contributed by atoms with Crippen molar-refractivity contribution in [3.63, 3.8) is 0 Å². The summed E-state index contributed by atoms with van der Waals surface area (Å²) in [7, 11) is 0.376. The van der Waals surface area contributed by atoms with E-state index in [9.17, 15) is 9.36 Å². The van der Waals surface area contributed by atoms with Crippen LogP contribution < -0.4 is 0 Å². The van der Waals surface area contributed by atoms with Crippen LogP contribution in [0.25, 0.3) is 0 Å². The van der Waals surface area contributed by atoms with E-state index in [1.54, 1.807) is 23.7 Å². The zero-order chi connectivity index (χ0) is 21.9. The van der Waals surface area contributed by atoms with Gasteiger partial charge in [-0.2, -0.15) is 0 Å². The summed E-state index contributed by atoms with van der Waals surface area (Å²) in [4.78, 5) is 13.8. The molecular formula is C18H38N3O7P. The van der Waals surface area contributed by atoms with Gasteiger partial charge in [0.15, 0.2) is 0 Å². The van der Waals surface area contributed by atoms with Crippen LogP contribution in [0.15, 0.2) is 0 Å². The zero-order valence-electron chi connectivity index (χ0n) is 18.5. The van der Waals surface area contributed by atoms with E-state index in [0.717, 1.165) is 0 Å². The molecule has 1 fully saturated rings. The van der Waals surface area contributed by atoms with E-state index in [4.69, 9.17) is 23.8 Å². The molecule has 172 valence electrons. The fourth-order valence-corrected chi connectivity index (χ4v) is 4.66. The Balaban J connectivity index is 2.34. The summed E-state index contributed by atoms with van der Waals surface area (Å²) in [5.74, 6) is 0. The van der Waals surface area contributed by atoms with Crippen LogP contribution >= 0.6 is 7.67 Å². The SMILES string of the molecule is CN(C)P(=O)(OCC(C)(C)C)N1CCN(C(=O)OCCOCCOCCO)CC1. The van der Waals surface area contributed by atoms with E-state index in [1.807, 2.05) is 25.4 Å². The molecule has 1 amide bonds. The van der Waals surface area contributed by atoms with Crippen LogP contribution in [0.1, 0.15) is 20.8 Å². The predicted octanol–water partition coefficient (Wildman–Crippen LogP) is 1.50. The van der Waals surface area contributed by atoms with Gasteiger partial charge in [-0.1, -0.05) is 20.8 Å². The first-order chi connectivity index (χ1) is 13.6. The van der Waals surface area contributed by atoms with Crippen LogP contribution in [0.2, 0.25) is 0 Å². The van der Waals surface area contributed by atoms with E-state index < -0.39 is 13.8 Å². The average Bonchev–Trinajstić information content (AvgIpc) is 2.67. The molecular weight excluding hydrogens is 401 g/mol. The Morgan fingerprint density at radius 3 is 2.07 bits per heavy atom. The fourth-order valence-electron chi connectivity index (χ4n) is 2.52. The fraction of sp³-hybridized carbons (Fsp3) is 0.944. The minimum absolute atomic E-state index is 0.0163. The normalized spacial score (nSPS) is 18.1. The maximum Gasteiger partial charge on any atom is 0.409 e. The van der Waals surface area contributed by atoms with Crippen LogP contribution in [-0.4, -0.2) is 112 Å². The lowest BCUT2D eigenvalue weighted by Crippen LogP contribution is -2.49. The maximum absolute atomic E-state index is 13.4. The molecule has 10 nitrogen and oxygen atoms in total. The third kappa shape index (κ3) is 9.74. The van der Waals surface area contributed by atoms with Crippen LogP contribution in [0.5, 0.6) is 0 Å². The third-order valence-electron chi connectivity index (χ3n) is 4.10. The number of piperazine rings is 1. The van der Waals surface area contributed by atoms with Crippen molar-refractivity contribution in [1.29, 1.82) is 0 Å². The lowest BCUT2D eigenvalue weighted by atomic mass is 9.99. The summed E-state index contributed by atoms with van der Waals surface area (Å²) in [5.41, 5.74) is -0.0929. The second-order valence-electron chi connectivity index (χ2n) is 8.18. The number of carbonyl (C=O) groups is 1. The molecule has 1 unspecified atom stereocenters. The molecule has 0 aliphatic carbocycles. The summed E-state index contributed by atoms with van der Waals surface area (Å²) >= 11 is 0. The van der Waals surface area contributed by atoms with Gasteiger partial charge in [0.25, 0.3) is 0 Å². The molecule has 0 radical (unpaired) electrons. The molecule has 1 aliphatic rings. The number of hydrogen-bond acceptors (Lipinski definition) is 7. The van der Waals surface area contributed by atoms with Gasteiger partial charge in [-0.3, -0.25) is 4.57 Å². The van der Waals surface area contributed by atoms with Crippen molar-refractivity contribution >= 4 is 13.8 Å². The van der Waals surface area contributed by atoms with Crippen molar-refractivity contribution in [2.24, 2.45) is 5.41 Å². The number of hydrogen-bond donors (Lipinski definition) is 1. The van der Waals surface area contributed by atoms with E-state index in [0.29, 0.717) is 46.0 Å². The van der Waals surface area contributed by atoms with Crippen molar-refractivity contribution < 1.29 is 33.2 Å². The maximum atomic E-state index is 13.4. The van der Waals surface area contributed by atoms with E-state index >= 15 is 0 Å². The lowest BCUT2D eigenvalue weighted by molar-refractivity contribution is 0.0126. The van der Waals surface area contributed by atoms with Gasteiger partial charge in [0, 0.05) is 26.2 Å². The summed E-state index contributed by atoms with van der Waals surface area (Å²) in [6.07, 6.45) is -0.403. The third-order valence-corrected chi connectivity index (χ3v) is 6.70. The first-order valence-corrected chi connectivity index (χ1v) is 11.5. The topological polar surface area (TPSA) is 101 Å². The van der Waals surface area contributed by atoms with E-state index in [1.165, 1.54) is 0 Å². The van der Waals surface area contributed by atoms with Crippen LogP contribution in [-0.2, 0) is 23.3 Å². The second kappa shape index (κ2) is 12.8. The highest BCUT2D eigenvalue weighted by Gasteiger charge is 2.38. The first-order valence-electron chi connectivity index (χ1n) is 9.96. The Morgan fingerprint density at radius 2 is 1.55 bits per heavy atom. The number of aliphatic hydroxyl groups excluding tert-OH is 1. The van der Waals surface area contributed by atoms with Crippen LogP contribution in [0.3, 0.4) is 0 Å². The number of nitrogens with zero attached hydrogens (tertiary/aromatic N) is 3. The quantitative estimate of drug-likeness (QED) is 0.358. The van der Waals surface area contributed by atoms with Crippen LogP contribution in [0.4, 0.5) is 4.79 Å². The standard InChI is InChI=1S/C18H38N3O7P/c1-18(2,3)16-28-29(24,19(4)5)21-8-6-20(7-9-21)17(23)27-15-14-26-13-12-25-11-10-22/h22H,6-16H2,1-5H3. The van der Waals surface area contributed by atoms with Gasteiger partial charge >= 0.3 is 13.8 Å². The molecule has 1 atom stereocenters. The molecule has 0 aromatic heterocycles. The molecule has 0 spiro atoms. The van der Waals surface area contributed by atoms with Gasteiger partial charge in [-0.05, 0) is 19.5 Å². The Morgan fingerprint density at radius 1 is 1.00 bits per heavy atom. The van der Waals surface area contributed by atoms with Crippen molar-refractivity contribution in [2.75, 3.05) is 86.5 Å². The molecule has 1 aliphatic heterocycles. The molecule has 0 aromatic carbocycles. The van der Waals surface area contributed by atoms with E-state index in [2.05, 4.69) is 0 Å². The molecule has 29 heavy (non-hydrogen) atoms. The Bertz CT molecular complexity index is 520. The number of aliphatic hydroxyl groups is 1. The number of carbonyl (C=O) groups excluding carboxylic acids is 1. The lowest BCUT2D eigenvalue weighted by Gasteiger charge is -2.40. The first kappa shape index (κ1) is 26.3. The number of amides is 1. The molecule has 0 saturated carbocycles. The van der Waals surface area contributed by atoms with Gasteiger partial charge < -0.3 is 28.7 Å². The summed E-state index contributed by atoms with van der Waals surface area (Å²) in [5, 5.41) is 8.58. The van der Waals surface area contributed by atoms with Gasteiger partial charge in [0.05, 0.1) is 39.6 Å². The minimum Gasteiger partial charge on any atom is -0.447 e.